The van der Waals surface area contributed by atoms with Gasteiger partial charge in [-0.25, -0.2) is 4.98 Å². The van der Waals surface area contributed by atoms with Gasteiger partial charge in [-0.2, -0.15) is 0 Å². The van der Waals surface area contributed by atoms with Crippen molar-refractivity contribution < 1.29 is 8.42 Å². The fourth-order valence-corrected chi connectivity index (χ4v) is 8.39. The first-order chi connectivity index (χ1) is 17.4. The van der Waals surface area contributed by atoms with E-state index in [0.29, 0.717) is 5.92 Å². The minimum atomic E-state index is -0.985. The zero-order valence-corrected chi connectivity index (χ0v) is 23.5. The van der Waals surface area contributed by atoms with Crippen LogP contribution in [0.15, 0.2) is 86.0 Å². The molecule has 2 aromatic carbocycles. The summed E-state index contributed by atoms with van der Waals surface area (Å²) in [4.78, 5) is 7.78. The predicted molar refractivity (Wildman–Crippen MR) is 154 cm³/mol. The molecule has 0 amide bonds. The maximum Gasteiger partial charge on any atom is 0.0979 e. The summed E-state index contributed by atoms with van der Waals surface area (Å²) in [5.74, 6) is 0.659. The maximum atomic E-state index is 11.8. The van der Waals surface area contributed by atoms with Gasteiger partial charge in [-0.15, -0.1) is 11.3 Å². The second-order valence-electron chi connectivity index (χ2n) is 9.63. The van der Waals surface area contributed by atoms with Crippen LogP contribution in [0.4, 0.5) is 5.69 Å². The average molecular weight is 553 g/mol. The van der Waals surface area contributed by atoms with Crippen LogP contribution >= 0.6 is 23.1 Å². The Morgan fingerprint density at radius 2 is 1.81 bits per heavy atom. The number of fused-ring (bicyclic) bond motifs is 3. The second kappa shape index (κ2) is 10.0. The molecule has 0 saturated heterocycles. The lowest BCUT2D eigenvalue weighted by atomic mass is 9.77. The third-order valence-corrected chi connectivity index (χ3v) is 11.1. The molecule has 4 unspecified atom stereocenters. The maximum absolute atomic E-state index is 11.8. The Morgan fingerprint density at radius 1 is 1.03 bits per heavy atom. The molecular formula is C28H28N2O2S4. The molecule has 1 N–H and O–H groups in total. The number of hydrogen-bond acceptors (Lipinski definition) is 6. The molecule has 186 valence electrons. The molecular weight excluding hydrogens is 525 g/mol. The number of allylic oxidation sites excluding steroid dienone is 5. The highest BCUT2D eigenvalue weighted by Crippen LogP contribution is 2.42. The van der Waals surface area contributed by atoms with Crippen molar-refractivity contribution >= 4 is 60.6 Å². The van der Waals surface area contributed by atoms with Crippen molar-refractivity contribution in [3.63, 3.8) is 0 Å². The summed E-state index contributed by atoms with van der Waals surface area (Å²) in [6.07, 6.45) is 16.2. The molecule has 36 heavy (non-hydrogen) atoms. The monoisotopic (exact) mass is 552 g/mol. The summed E-state index contributed by atoms with van der Waals surface area (Å²) in [7, 11) is -1.95. The first-order valence-electron chi connectivity index (χ1n) is 12.2. The highest BCUT2D eigenvalue weighted by molar-refractivity contribution is 8.00. The van der Waals surface area contributed by atoms with E-state index in [1.807, 2.05) is 36.0 Å². The molecule has 0 saturated carbocycles. The van der Waals surface area contributed by atoms with Gasteiger partial charge in [0, 0.05) is 55.2 Å². The molecule has 0 fully saturated rings. The lowest BCUT2D eigenvalue weighted by Gasteiger charge is -2.29. The van der Waals surface area contributed by atoms with E-state index in [1.165, 1.54) is 34.5 Å². The van der Waals surface area contributed by atoms with Gasteiger partial charge in [-0.05, 0) is 85.2 Å². The lowest BCUT2D eigenvalue weighted by molar-refractivity contribution is 0.496. The van der Waals surface area contributed by atoms with Crippen LogP contribution in [0, 0.1) is 5.92 Å². The average Bonchev–Trinajstić information content (AvgIpc) is 3.45. The summed E-state index contributed by atoms with van der Waals surface area (Å²) >= 11 is 3.58. The Labute approximate surface area is 225 Å². The van der Waals surface area contributed by atoms with Crippen molar-refractivity contribution in [1.29, 1.82) is 0 Å². The van der Waals surface area contributed by atoms with Gasteiger partial charge in [0.05, 0.1) is 26.3 Å². The van der Waals surface area contributed by atoms with Crippen molar-refractivity contribution in [2.24, 2.45) is 5.92 Å². The van der Waals surface area contributed by atoms with E-state index in [4.69, 9.17) is 4.98 Å². The number of thioether (sulfide) groups is 1. The van der Waals surface area contributed by atoms with Gasteiger partial charge >= 0.3 is 0 Å². The molecule has 1 aromatic heterocycles. The number of nitrogens with zero attached hydrogens (tertiary/aromatic N) is 1. The predicted octanol–water partition coefficient (Wildman–Crippen LogP) is 6.84. The molecule has 8 heteroatoms. The van der Waals surface area contributed by atoms with Gasteiger partial charge in [-0.3, -0.25) is 8.42 Å². The van der Waals surface area contributed by atoms with Crippen LogP contribution in [-0.4, -0.2) is 31.3 Å². The minimum Gasteiger partial charge on any atom is -0.369 e. The smallest absolute Gasteiger partial charge is 0.0979 e. The first-order valence-corrected chi connectivity index (χ1v) is 17.0. The molecule has 1 aliphatic heterocycles. The first kappa shape index (κ1) is 24.3. The zero-order valence-electron chi connectivity index (χ0n) is 20.3. The topological polar surface area (TPSA) is 59.1 Å². The van der Waals surface area contributed by atoms with Crippen LogP contribution in [0.5, 0.6) is 0 Å². The van der Waals surface area contributed by atoms with E-state index in [1.54, 1.807) is 23.8 Å². The molecule has 2 heterocycles. The number of anilines is 1. The fraction of sp³-hybridized carbons (Fsp3) is 0.321. The van der Waals surface area contributed by atoms with E-state index in [0.717, 1.165) is 50.0 Å². The van der Waals surface area contributed by atoms with E-state index in [2.05, 4.69) is 35.7 Å². The summed E-state index contributed by atoms with van der Waals surface area (Å²) < 4.78 is 24.8. The fourth-order valence-electron chi connectivity index (χ4n) is 5.22. The molecule has 0 spiro atoms. The Kier molecular flexibility index (Phi) is 6.79. The molecule has 3 aromatic rings. The Bertz CT molecular complexity index is 1500. The Hall–Kier alpha value is -2.00. The summed E-state index contributed by atoms with van der Waals surface area (Å²) in [6.45, 7) is 0. The van der Waals surface area contributed by atoms with Crippen LogP contribution < -0.4 is 5.32 Å². The molecule has 4 nitrogen and oxygen atoms in total. The number of nitrogens with one attached hydrogen (secondary N) is 1. The van der Waals surface area contributed by atoms with Crippen LogP contribution in [-0.2, 0) is 28.0 Å². The van der Waals surface area contributed by atoms with E-state index in [9.17, 15) is 8.42 Å². The molecule has 6 rings (SSSR count). The third kappa shape index (κ3) is 5.05. The van der Waals surface area contributed by atoms with Gasteiger partial charge in [0.1, 0.15) is 0 Å². The van der Waals surface area contributed by atoms with Crippen LogP contribution in [0.25, 0.3) is 10.2 Å². The standard InChI is InChI=1S/C28H28N2O2S4/c1-35(31)21-7-9-25-23(15-21)29-27(33-25)13-17-3-5-19-6-4-18(12-20(19)11-17)14-28-30-24-16-22(36(2)32)8-10-26(24)34-28/h7-13,15-16,19,27,29H,3-6,14H2,1-2H3. The lowest BCUT2D eigenvalue weighted by Crippen LogP contribution is -2.15. The van der Waals surface area contributed by atoms with Crippen molar-refractivity contribution in [3.05, 3.63) is 76.4 Å². The highest BCUT2D eigenvalue weighted by Gasteiger charge is 2.25. The zero-order chi connectivity index (χ0) is 24.8. The Balaban J connectivity index is 1.19. The second-order valence-corrected chi connectivity index (χ2v) is 14.7. The third-order valence-electron chi connectivity index (χ3n) is 7.10. The Morgan fingerprint density at radius 3 is 2.64 bits per heavy atom. The summed E-state index contributed by atoms with van der Waals surface area (Å²) in [5, 5.41) is 4.94. The van der Waals surface area contributed by atoms with Crippen molar-refractivity contribution in [2.45, 2.75) is 52.2 Å². The van der Waals surface area contributed by atoms with Gasteiger partial charge < -0.3 is 5.32 Å². The van der Waals surface area contributed by atoms with Crippen molar-refractivity contribution in [2.75, 3.05) is 17.8 Å². The molecule has 3 aliphatic rings. The molecule has 0 bridgehead atoms. The SMILES string of the molecule is CS(=O)c1ccc2c(c1)NC(C=C1C=C3C=C(Cc4nc5cc(S(C)=O)ccc5s4)CCC3CC1)S2. The number of rotatable bonds is 5. The van der Waals surface area contributed by atoms with Gasteiger partial charge in [0.2, 0.25) is 0 Å². The number of hydrogen-bond donors (Lipinski definition) is 1. The normalized spacial score (nSPS) is 24.0. The number of aromatic nitrogens is 1. The summed E-state index contributed by atoms with van der Waals surface area (Å²) in [6, 6.07) is 12.0. The number of benzene rings is 2. The van der Waals surface area contributed by atoms with Crippen LogP contribution in [0.2, 0.25) is 0 Å². The van der Waals surface area contributed by atoms with E-state index in [-0.39, 0.29) is 5.37 Å². The number of thiazole rings is 1. The van der Waals surface area contributed by atoms with Crippen LogP contribution in [0.3, 0.4) is 0 Å². The van der Waals surface area contributed by atoms with Crippen molar-refractivity contribution in [1.82, 2.24) is 4.98 Å². The molecule has 4 atom stereocenters. The van der Waals surface area contributed by atoms with Crippen LogP contribution in [0.1, 0.15) is 30.7 Å². The van der Waals surface area contributed by atoms with Gasteiger partial charge in [0.25, 0.3) is 0 Å². The van der Waals surface area contributed by atoms with Gasteiger partial charge in [0.15, 0.2) is 0 Å². The molecule has 0 radical (unpaired) electrons. The minimum absolute atomic E-state index is 0.209. The highest BCUT2D eigenvalue weighted by atomic mass is 32.2. The largest absolute Gasteiger partial charge is 0.369 e. The van der Waals surface area contributed by atoms with Gasteiger partial charge in [-0.1, -0.05) is 29.5 Å². The summed E-state index contributed by atoms with van der Waals surface area (Å²) in [5.41, 5.74) is 6.36. The molecule has 2 aliphatic carbocycles. The van der Waals surface area contributed by atoms with Crippen molar-refractivity contribution in [3.8, 4) is 0 Å². The van der Waals surface area contributed by atoms with E-state index < -0.39 is 21.6 Å². The van der Waals surface area contributed by atoms with E-state index >= 15 is 0 Å². The quantitative estimate of drug-likeness (QED) is 0.376.